The van der Waals surface area contributed by atoms with Gasteiger partial charge in [-0.2, -0.15) is 11.8 Å². The molecule has 0 saturated carbocycles. The van der Waals surface area contributed by atoms with E-state index in [1.807, 2.05) is 18.7 Å². The van der Waals surface area contributed by atoms with Crippen molar-refractivity contribution >= 4 is 11.8 Å². The van der Waals surface area contributed by atoms with Crippen molar-refractivity contribution in [2.24, 2.45) is 0 Å². The molecule has 0 aliphatic carbocycles. The Labute approximate surface area is 62.2 Å². The summed E-state index contributed by atoms with van der Waals surface area (Å²) in [5.41, 5.74) is 0. The highest BCUT2D eigenvalue weighted by Gasteiger charge is 2.01. The third-order valence-electron chi connectivity index (χ3n) is 1.21. The van der Waals surface area contributed by atoms with Gasteiger partial charge in [-0.3, -0.25) is 0 Å². The molecule has 1 nitrogen and oxygen atoms in total. The molecule has 9 heavy (non-hydrogen) atoms. The molecule has 0 spiro atoms. The second-order valence-electron chi connectivity index (χ2n) is 1.94. The molecule has 1 atom stereocenters. The molecule has 0 amide bonds. The van der Waals surface area contributed by atoms with Crippen LogP contribution in [-0.4, -0.2) is 24.7 Å². The van der Waals surface area contributed by atoms with Gasteiger partial charge in [0.25, 0.3) is 0 Å². The van der Waals surface area contributed by atoms with Crippen LogP contribution in [-0.2, 0) is 4.74 Å². The minimum Gasteiger partial charge on any atom is -0.378 e. The Morgan fingerprint density at radius 2 is 2.11 bits per heavy atom. The maximum atomic E-state index is 5.41. The van der Waals surface area contributed by atoms with Crippen molar-refractivity contribution in [3.63, 3.8) is 0 Å². The molecule has 0 heterocycles. The van der Waals surface area contributed by atoms with Crippen molar-refractivity contribution in [2.45, 2.75) is 26.4 Å². The van der Waals surface area contributed by atoms with Crippen LogP contribution in [0.25, 0.3) is 0 Å². The second kappa shape index (κ2) is 6.43. The zero-order valence-electron chi connectivity index (χ0n) is 6.52. The molecule has 0 aromatic rings. The summed E-state index contributed by atoms with van der Waals surface area (Å²) in [4.78, 5) is 0. The van der Waals surface area contributed by atoms with E-state index in [2.05, 4.69) is 13.2 Å². The van der Waals surface area contributed by atoms with Crippen molar-refractivity contribution in [3.8, 4) is 0 Å². The fourth-order valence-corrected chi connectivity index (χ4v) is 1.41. The fourth-order valence-electron chi connectivity index (χ4n) is 0.705. The topological polar surface area (TPSA) is 9.23 Å². The largest absolute Gasteiger partial charge is 0.378 e. The van der Waals surface area contributed by atoms with Crippen LogP contribution in [0.5, 0.6) is 0 Å². The number of rotatable bonds is 5. The lowest BCUT2D eigenvalue weighted by molar-refractivity contribution is 0.0773. The number of hydrogen-bond acceptors (Lipinski definition) is 2. The van der Waals surface area contributed by atoms with E-state index in [1.54, 1.807) is 0 Å². The van der Waals surface area contributed by atoms with Crippen LogP contribution in [0.15, 0.2) is 0 Å². The maximum absolute atomic E-state index is 5.41. The summed E-state index contributed by atoms with van der Waals surface area (Å²) in [6.45, 7) is 5.05. The minimum absolute atomic E-state index is 0.477. The molecule has 0 bridgehead atoms. The second-order valence-corrected chi connectivity index (χ2v) is 2.85. The summed E-state index contributed by atoms with van der Waals surface area (Å²) in [7, 11) is 0. The van der Waals surface area contributed by atoms with Gasteiger partial charge in [-0.1, -0.05) is 6.92 Å². The van der Waals surface area contributed by atoms with Crippen LogP contribution in [0.1, 0.15) is 20.3 Å². The van der Waals surface area contributed by atoms with E-state index in [4.69, 9.17) is 4.74 Å². The monoisotopic (exact) mass is 148 g/mol. The number of ether oxygens (including phenoxy) is 1. The Morgan fingerprint density at radius 1 is 1.44 bits per heavy atom. The molecule has 2 heteroatoms. The van der Waals surface area contributed by atoms with Crippen LogP contribution < -0.4 is 0 Å². The molecule has 0 aliphatic rings. The lowest BCUT2D eigenvalue weighted by atomic mass is 10.3. The van der Waals surface area contributed by atoms with Crippen molar-refractivity contribution in [1.82, 2.24) is 0 Å². The highest BCUT2D eigenvalue weighted by molar-refractivity contribution is 7.98. The Hall–Kier alpha value is 0.310. The molecule has 0 N–H and O–H groups in total. The quantitative estimate of drug-likeness (QED) is 0.591. The SMILES string of the molecule is CCOC(CC)CSC. The molecule has 0 fully saturated rings. The van der Waals surface area contributed by atoms with E-state index < -0.39 is 0 Å². The van der Waals surface area contributed by atoms with Gasteiger partial charge in [-0.15, -0.1) is 0 Å². The van der Waals surface area contributed by atoms with Crippen LogP contribution in [0.2, 0.25) is 0 Å². The molecule has 0 radical (unpaired) electrons. The van der Waals surface area contributed by atoms with Crippen molar-refractivity contribution < 1.29 is 4.74 Å². The molecular formula is C7H16OS. The van der Waals surface area contributed by atoms with E-state index >= 15 is 0 Å². The Kier molecular flexibility index (Phi) is 6.65. The van der Waals surface area contributed by atoms with Crippen molar-refractivity contribution in [2.75, 3.05) is 18.6 Å². The van der Waals surface area contributed by atoms with Gasteiger partial charge in [0.05, 0.1) is 6.10 Å². The average Bonchev–Trinajstić information content (AvgIpc) is 1.88. The van der Waals surface area contributed by atoms with Gasteiger partial charge in [0.15, 0.2) is 0 Å². The summed E-state index contributed by atoms with van der Waals surface area (Å²) in [6.07, 6.45) is 3.72. The smallest absolute Gasteiger partial charge is 0.0662 e. The van der Waals surface area contributed by atoms with Crippen molar-refractivity contribution in [1.29, 1.82) is 0 Å². The molecule has 56 valence electrons. The summed E-state index contributed by atoms with van der Waals surface area (Å²) < 4.78 is 5.41. The summed E-state index contributed by atoms with van der Waals surface area (Å²) in [6, 6.07) is 0. The molecule has 0 rings (SSSR count). The van der Waals surface area contributed by atoms with Crippen LogP contribution in [0.3, 0.4) is 0 Å². The first-order valence-corrected chi connectivity index (χ1v) is 4.85. The molecule has 0 aromatic heterocycles. The molecule has 1 unspecified atom stereocenters. The Morgan fingerprint density at radius 3 is 2.44 bits per heavy atom. The van der Waals surface area contributed by atoms with Gasteiger partial charge in [-0.25, -0.2) is 0 Å². The summed E-state index contributed by atoms with van der Waals surface area (Å²) in [5, 5.41) is 0. The first-order chi connectivity index (χ1) is 4.35. The Bertz CT molecular complexity index is 50.9. The van der Waals surface area contributed by atoms with E-state index in [9.17, 15) is 0 Å². The van der Waals surface area contributed by atoms with E-state index in [1.165, 1.54) is 0 Å². The minimum atomic E-state index is 0.477. The zero-order valence-corrected chi connectivity index (χ0v) is 7.33. The summed E-state index contributed by atoms with van der Waals surface area (Å²) >= 11 is 1.85. The van der Waals surface area contributed by atoms with Gasteiger partial charge in [-0.05, 0) is 19.6 Å². The molecular weight excluding hydrogens is 132 g/mol. The van der Waals surface area contributed by atoms with Gasteiger partial charge in [0.2, 0.25) is 0 Å². The normalized spacial score (nSPS) is 13.7. The number of thioether (sulfide) groups is 1. The predicted octanol–water partition coefficient (Wildman–Crippen LogP) is 2.16. The summed E-state index contributed by atoms with van der Waals surface area (Å²) in [5.74, 6) is 1.13. The third kappa shape index (κ3) is 4.79. The predicted molar refractivity (Wildman–Crippen MR) is 44.1 cm³/mol. The molecule has 0 saturated heterocycles. The van der Waals surface area contributed by atoms with Gasteiger partial charge >= 0.3 is 0 Å². The first kappa shape index (κ1) is 9.31. The zero-order chi connectivity index (χ0) is 7.11. The lowest BCUT2D eigenvalue weighted by Gasteiger charge is -2.12. The lowest BCUT2D eigenvalue weighted by Crippen LogP contribution is -2.13. The van der Waals surface area contributed by atoms with Crippen LogP contribution in [0, 0.1) is 0 Å². The van der Waals surface area contributed by atoms with Gasteiger partial charge < -0.3 is 4.74 Å². The van der Waals surface area contributed by atoms with E-state index in [-0.39, 0.29) is 0 Å². The Balaban J connectivity index is 3.18. The molecule has 0 aliphatic heterocycles. The van der Waals surface area contributed by atoms with E-state index in [0.717, 1.165) is 18.8 Å². The van der Waals surface area contributed by atoms with Gasteiger partial charge in [0.1, 0.15) is 0 Å². The first-order valence-electron chi connectivity index (χ1n) is 3.45. The van der Waals surface area contributed by atoms with Crippen LogP contribution >= 0.6 is 11.8 Å². The van der Waals surface area contributed by atoms with Crippen molar-refractivity contribution in [3.05, 3.63) is 0 Å². The van der Waals surface area contributed by atoms with Gasteiger partial charge in [0, 0.05) is 12.4 Å². The molecule has 0 aromatic carbocycles. The maximum Gasteiger partial charge on any atom is 0.0662 e. The third-order valence-corrected chi connectivity index (χ3v) is 1.92. The van der Waals surface area contributed by atoms with Crippen LogP contribution in [0.4, 0.5) is 0 Å². The van der Waals surface area contributed by atoms with E-state index in [0.29, 0.717) is 6.10 Å². The average molecular weight is 148 g/mol. The number of hydrogen-bond donors (Lipinski definition) is 0. The fraction of sp³-hybridized carbons (Fsp3) is 1.00. The highest BCUT2D eigenvalue weighted by atomic mass is 32.2. The highest BCUT2D eigenvalue weighted by Crippen LogP contribution is 2.04. The standard InChI is InChI=1S/C7H16OS/c1-4-7(6-9-3)8-5-2/h7H,4-6H2,1-3H3.